The first-order valence-corrected chi connectivity index (χ1v) is 19.4. The zero-order valence-corrected chi connectivity index (χ0v) is 32.4. The first kappa shape index (κ1) is 37.1. The molecule has 0 amide bonds. The van der Waals surface area contributed by atoms with Gasteiger partial charge in [-0.25, -0.2) is 23.1 Å². The fraction of sp³-hybridized carbons (Fsp3) is 0.452. The van der Waals surface area contributed by atoms with Crippen LogP contribution in [-0.4, -0.2) is 98.8 Å². The number of aryl methyl sites for hydroxylation is 2. The van der Waals surface area contributed by atoms with E-state index in [1.54, 1.807) is 18.3 Å². The van der Waals surface area contributed by atoms with Crippen LogP contribution in [0.1, 0.15) is 55.5 Å². The molecule has 2 atom stereocenters. The Hall–Kier alpha value is -4.88. The Morgan fingerprint density at radius 3 is 2.42 bits per heavy atom. The minimum absolute atomic E-state index is 0.0461. The first-order chi connectivity index (χ1) is 26.4. The Morgan fingerprint density at radius 1 is 0.873 bits per heavy atom. The van der Waals surface area contributed by atoms with Gasteiger partial charge < -0.3 is 20.0 Å². The van der Waals surface area contributed by atoms with Crippen molar-refractivity contribution in [3.8, 4) is 16.9 Å². The number of fused-ring (bicyclic) bond motifs is 6. The average molecular weight is 753 g/mol. The van der Waals surface area contributed by atoms with Crippen LogP contribution in [0.2, 0.25) is 0 Å². The molecule has 5 heterocycles. The number of hydrogen-bond acceptors (Lipinski definition) is 8. The summed E-state index contributed by atoms with van der Waals surface area (Å²) in [5.74, 6) is 0.858. The molecule has 4 aliphatic rings. The predicted octanol–water partition coefficient (Wildman–Crippen LogP) is 7.12. The maximum atomic E-state index is 15.3. The second-order valence-electron chi connectivity index (χ2n) is 15.9. The van der Waals surface area contributed by atoms with Crippen molar-refractivity contribution in [1.82, 2.24) is 34.3 Å². The van der Waals surface area contributed by atoms with Crippen molar-refractivity contribution in [2.45, 2.75) is 70.5 Å². The Labute approximate surface area is 321 Å². The maximum absolute atomic E-state index is 15.3. The van der Waals surface area contributed by atoms with Gasteiger partial charge in [-0.1, -0.05) is 12.6 Å². The molecular formula is C42H51F3N10. The topological polar surface area (TPSA) is 73.5 Å². The lowest BCUT2D eigenvalue weighted by Gasteiger charge is -2.40. The van der Waals surface area contributed by atoms with E-state index < -0.39 is 11.6 Å². The summed E-state index contributed by atoms with van der Waals surface area (Å²) < 4.78 is 46.1. The van der Waals surface area contributed by atoms with Gasteiger partial charge in [-0.05, 0) is 102 Å². The SMILES string of the molecule is C=C(C)N1CCCN(C)CC2CC(CN2c2nc(C3CN(C4CC4)C3)n(C)n(-c3ccc(F)cc3F)ncc2C)Nc2cccc(n2)-c2cc(F)cc(C)c21. The largest absolute Gasteiger partial charge is 0.365 e. The first-order valence-electron chi connectivity index (χ1n) is 19.4. The summed E-state index contributed by atoms with van der Waals surface area (Å²) in [5, 5.41) is 8.53. The number of nitrogens with zero attached hydrogens (tertiary/aromatic N) is 9. The van der Waals surface area contributed by atoms with Gasteiger partial charge in [0.1, 0.15) is 34.8 Å². The normalized spacial score (nSPS) is 20.9. The highest BCUT2D eigenvalue weighted by molar-refractivity contribution is 5.81. The molecule has 0 radical (unpaired) electrons. The highest BCUT2D eigenvalue weighted by Crippen LogP contribution is 2.39. The average Bonchev–Trinajstić information content (AvgIpc) is 3.87. The van der Waals surface area contributed by atoms with Crippen LogP contribution in [0.5, 0.6) is 0 Å². The molecule has 3 fully saturated rings. The molecule has 2 unspecified atom stereocenters. The lowest BCUT2D eigenvalue weighted by molar-refractivity contribution is 0.129. The summed E-state index contributed by atoms with van der Waals surface area (Å²) in [5.41, 5.74) is 5.11. The summed E-state index contributed by atoms with van der Waals surface area (Å²) in [4.78, 5) is 21.5. The van der Waals surface area contributed by atoms with Crippen LogP contribution in [-0.2, 0) is 7.05 Å². The second-order valence-corrected chi connectivity index (χ2v) is 15.9. The number of rotatable bonds is 5. The summed E-state index contributed by atoms with van der Waals surface area (Å²) in [7, 11) is 4.03. The molecule has 2 aromatic heterocycles. The fourth-order valence-corrected chi connectivity index (χ4v) is 8.63. The maximum Gasteiger partial charge on any atom is 0.153 e. The van der Waals surface area contributed by atoms with Gasteiger partial charge in [-0.15, -0.1) is 0 Å². The van der Waals surface area contributed by atoms with Crippen LogP contribution < -0.4 is 15.1 Å². The summed E-state index contributed by atoms with van der Waals surface area (Å²) in [6, 6.07) is 13.4. The molecule has 8 rings (SSSR count). The van der Waals surface area contributed by atoms with Crippen LogP contribution >= 0.6 is 0 Å². The van der Waals surface area contributed by atoms with E-state index in [1.165, 1.54) is 29.8 Å². The summed E-state index contributed by atoms with van der Waals surface area (Å²) in [6.07, 6.45) is 5.89. The van der Waals surface area contributed by atoms with Gasteiger partial charge in [0.2, 0.25) is 0 Å². The summed E-state index contributed by atoms with van der Waals surface area (Å²) in [6.45, 7) is 15.1. The number of likely N-dealkylation sites (N-methyl/N-ethyl adjacent to an activating group) is 1. The van der Waals surface area contributed by atoms with E-state index in [2.05, 4.69) is 38.5 Å². The number of aromatic nitrogens is 5. The van der Waals surface area contributed by atoms with Crippen LogP contribution in [0.15, 0.2) is 67.0 Å². The Kier molecular flexibility index (Phi) is 10.1. The van der Waals surface area contributed by atoms with Gasteiger partial charge in [-0.2, -0.15) is 9.90 Å². The third kappa shape index (κ3) is 7.56. The van der Waals surface area contributed by atoms with Crippen molar-refractivity contribution in [3.05, 3.63) is 101 Å². The molecular weight excluding hydrogens is 702 g/mol. The number of hydrogen-bond donors (Lipinski definition) is 1. The van der Waals surface area contributed by atoms with Gasteiger partial charge in [-0.3, -0.25) is 9.58 Å². The van der Waals surface area contributed by atoms with Gasteiger partial charge in [0.25, 0.3) is 0 Å². The van der Waals surface area contributed by atoms with E-state index in [-0.39, 0.29) is 29.5 Å². The number of nitrogens with one attached hydrogen (secondary N) is 1. The van der Waals surface area contributed by atoms with Crippen molar-refractivity contribution in [2.75, 3.05) is 61.4 Å². The van der Waals surface area contributed by atoms with Crippen molar-refractivity contribution in [1.29, 1.82) is 0 Å². The number of pyridine rings is 1. The number of allylic oxidation sites excluding steroid dienone is 1. The molecule has 10 nitrogen and oxygen atoms in total. The van der Waals surface area contributed by atoms with Crippen molar-refractivity contribution in [2.24, 2.45) is 7.05 Å². The van der Waals surface area contributed by atoms with Gasteiger partial charge >= 0.3 is 0 Å². The molecule has 2 saturated heterocycles. The third-order valence-corrected chi connectivity index (χ3v) is 11.5. The van der Waals surface area contributed by atoms with E-state index in [1.807, 2.05) is 50.7 Å². The number of halogens is 3. The zero-order valence-electron chi connectivity index (χ0n) is 32.4. The molecule has 3 aliphatic heterocycles. The minimum Gasteiger partial charge on any atom is -0.365 e. The minimum atomic E-state index is -0.692. The highest BCUT2D eigenvalue weighted by atomic mass is 19.1. The van der Waals surface area contributed by atoms with Crippen molar-refractivity contribution >= 4 is 17.3 Å². The summed E-state index contributed by atoms with van der Waals surface area (Å²) >= 11 is 0. The van der Waals surface area contributed by atoms with E-state index in [0.29, 0.717) is 18.3 Å². The van der Waals surface area contributed by atoms with Crippen LogP contribution in [0.4, 0.5) is 30.5 Å². The number of likely N-dealkylation sites (tertiary alicyclic amines) is 1. The Bertz CT molecular complexity index is 2150. The van der Waals surface area contributed by atoms with Gasteiger partial charge in [0.05, 0.1) is 17.6 Å². The van der Waals surface area contributed by atoms with Gasteiger partial charge in [0, 0.05) is 86.7 Å². The third-order valence-electron chi connectivity index (χ3n) is 11.5. The molecule has 0 spiro atoms. The fourth-order valence-electron chi connectivity index (χ4n) is 8.63. The van der Waals surface area contributed by atoms with E-state index in [4.69, 9.17) is 15.1 Å². The Balaban J connectivity index is 1.19. The number of anilines is 3. The molecule has 55 heavy (non-hydrogen) atoms. The van der Waals surface area contributed by atoms with Crippen LogP contribution in [0.25, 0.3) is 16.9 Å². The molecule has 1 aliphatic carbocycles. The van der Waals surface area contributed by atoms with Crippen LogP contribution in [0, 0.1) is 31.3 Å². The highest BCUT2D eigenvalue weighted by Gasteiger charge is 2.41. The molecule has 2 aromatic carbocycles. The number of benzene rings is 2. The molecule has 4 bridgehead atoms. The molecule has 1 saturated carbocycles. The Morgan fingerprint density at radius 2 is 1.67 bits per heavy atom. The van der Waals surface area contributed by atoms with E-state index in [9.17, 15) is 4.39 Å². The molecule has 13 heteroatoms. The van der Waals surface area contributed by atoms with Crippen molar-refractivity contribution in [3.63, 3.8) is 0 Å². The second kappa shape index (κ2) is 15.0. The monoisotopic (exact) mass is 752 g/mol. The predicted molar refractivity (Wildman–Crippen MR) is 212 cm³/mol. The molecule has 290 valence electrons. The van der Waals surface area contributed by atoms with E-state index in [0.717, 1.165) is 97.2 Å². The smallest absolute Gasteiger partial charge is 0.153 e. The van der Waals surface area contributed by atoms with E-state index >= 15 is 8.78 Å². The van der Waals surface area contributed by atoms with Crippen molar-refractivity contribution < 1.29 is 13.2 Å². The standard InChI is InChI=1S/C42H51F3N10/c1-26(2)53-16-8-15-50(5)25-34-20-32(47-39-10-7-9-37(48-39)35-18-31(44)17-27(3)40(35)53)24-54(34)41-28(4)21-46-55(38-14-11-30(43)19-36(38)45)51(6)42(49-41)29-22-52(23-29)33-12-13-33/h7,9-11,14,17-19,21,29,32-34H,1,8,12-13,15-16,20,22-25H2,2-6H3,(H,47,48). The van der Waals surface area contributed by atoms with Crippen LogP contribution in [0.3, 0.4) is 0 Å². The quantitative estimate of drug-likeness (QED) is 0.231. The lowest BCUT2D eigenvalue weighted by Crippen LogP contribution is -2.48. The lowest BCUT2D eigenvalue weighted by atomic mass is 9.99. The molecule has 1 N–H and O–H groups in total. The molecule has 4 aromatic rings. The van der Waals surface area contributed by atoms with Gasteiger partial charge in [0.15, 0.2) is 5.82 Å². The zero-order chi connectivity index (χ0) is 38.5.